The fraction of sp³-hybridized carbons (Fsp3) is 0.962. The van der Waals surface area contributed by atoms with Crippen LogP contribution in [0.5, 0.6) is 0 Å². The van der Waals surface area contributed by atoms with Crippen molar-refractivity contribution >= 4 is 5.91 Å². The van der Waals surface area contributed by atoms with Crippen LogP contribution in [0.1, 0.15) is 109 Å². The second-order valence-electron chi connectivity index (χ2n) is 10.3. The zero-order chi connectivity index (χ0) is 23.0. The maximum Gasteiger partial charge on any atom is 0.234 e. The van der Waals surface area contributed by atoms with Crippen LogP contribution in [0.15, 0.2) is 0 Å². The topological polar surface area (TPSA) is 69.3 Å². The normalized spacial score (nSPS) is 25.6. The number of carbonyl (C=O) groups is 1. The number of hydrogen-bond acceptors (Lipinski definition) is 6. The third-order valence-electron chi connectivity index (χ3n) is 7.42. The summed E-state index contributed by atoms with van der Waals surface area (Å²) >= 11 is 0. The van der Waals surface area contributed by atoms with E-state index in [-0.39, 0.29) is 5.91 Å². The molecule has 1 spiro atoms. The molecule has 2 saturated heterocycles. The van der Waals surface area contributed by atoms with E-state index in [0.29, 0.717) is 38.4 Å². The Hall–Kier alpha value is -0.730. The van der Waals surface area contributed by atoms with Gasteiger partial charge in [-0.3, -0.25) is 4.79 Å². The van der Waals surface area contributed by atoms with Crippen molar-refractivity contribution in [3.8, 4) is 0 Å². The van der Waals surface area contributed by atoms with Gasteiger partial charge in [-0.1, -0.05) is 51.4 Å². The number of amides is 1. The summed E-state index contributed by atoms with van der Waals surface area (Å²) in [5.74, 6) is -0.309. The van der Waals surface area contributed by atoms with E-state index < -0.39 is 5.79 Å². The first-order valence-corrected chi connectivity index (χ1v) is 13.9. The molecule has 0 aromatic rings. The first kappa shape index (κ1) is 26.9. The molecule has 0 atom stereocenters. The smallest absolute Gasteiger partial charge is 0.234 e. The van der Waals surface area contributed by atoms with Gasteiger partial charge in [0, 0.05) is 32.4 Å². The molecule has 0 bridgehead atoms. The van der Waals surface area contributed by atoms with Gasteiger partial charge in [0.15, 0.2) is 0 Å². The van der Waals surface area contributed by atoms with E-state index in [4.69, 9.17) is 19.6 Å². The first-order valence-electron chi connectivity index (χ1n) is 13.9. The molecule has 1 amide bonds. The molecule has 3 fully saturated rings. The van der Waals surface area contributed by atoms with Crippen LogP contribution in [0.3, 0.4) is 0 Å². The molecule has 2 aliphatic heterocycles. The molecule has 33 heavy (non-hydrogen) atoms. The highest BCUT2D eigenvalue weighted by atomic mass is 17.3. The van der Waals surface area contributed by atoms with Crippen molar-refractivity contribution in [2.75, 3.05) is 39.4 Å². The molecule has 7 nitrogen and oxygen atoms in total. The maximum absolute atomic E-state index is 12.4. The Morgan fingerprint density at radius 1 is 0.758 bits per heavy atom. The van der Waals surface area contributed by atoms with Gasteiger partial charge in [-0.25, -0.2) is 9.78 Å². The van der Waals surface area contributed by atoms with E-state index in [9.17, 15) is 4.79 Å². The highest BCUT2D eigenvalue weighted by Crippen LogP contribution is 2.38. The van der Waals surface area contributed by atoms with E-state index in [1.807, 2.05) is 0 Å². The zero-order valence-electron chi connectivity index (χ0n) is 20.8. The average molecular weight is 469 g/mol. The molecule has 1 saturated carbocycles. The molecule has 0 aromatic heterocycles. The third kappa shape index (κ3) is 11.0. The Balaban J connectivity index is 1.35. The van der Waals surface area contributed by atoms with E-state index in [0.717, 1.165) is 38.8 Å². The maximum atomic E-state index is 12.4. The van der Waals surface area contributed by atoms with Crippen molar-refractivity contribution in [1.82, 2.24) is 10.2 Å². The summed E-state index contributed by atoms with van der Waals surface area (Å²) in [4.78, 5) is 37.6. The molecule has 7 heteroatoms. The molecule has 0 aromatic carbocycles. The van der Waals surface area contributed by atoms with Crippen molar-refractivity contribution in [2.45, 2.75) is 115 Å². The molecule has 192 valence electrons. The van der Waals surface area contributed by atoms with Crippen molar-refractivity contribution < 1.29 is 24.3 Å². The summed E-state index contributed by atoms with van der Waals surface area (Å²) < 4.78 is 0. The molecular formula is C26H48N2O5. The standard InChI is InChI=1S/C26H48N2O5/c29-25(27-17-20-28-18-9-8-10-19-28)23-24-13-15-26(16-14-24)32-30-21-11-6-4-2-1-3-5-7-12-22-31-33-26/h24H,1-23H2,(H,27,29). The predicted molar refractivity (Wildman–Crippen MR) is 128 cm³/mol. The van der Waals surface area contributed by atoms with Gasteiger partial charge >= 0.3 is 0 Å². The lowest BCUT2D eigenvalue weighted by atomic mass is 9.83. The molecule has 1 N–H and O–H groups in total. The van der Waals surface area contributed by atoms with E-state index >= 15 is 0 Å². The van der Waals surface area contributed by atoms with Gasteiger partial charge in [-0.05, 0) is 57.5 Å². The number of rotatable bonds is 5. The summed E-state index contributed by atoms with van der Waals surface area (Å²) in [6.45, 7) is 5.25. The Morgan fingerprint density at radius 3 is 1.85 bits per heavy atom. The third-order valence-corrected chi connectivity index (χ3v) is 7.42. The Bertz CT molecular complexity index is 501. The summed E-state index contributed by atoms with van der Waals surface area (Å²) in [7, 11) is 0. The van der Waals surface area contributed by atoms with Gasteiger partial charge in [0.2, 0.25) is 11.7 Å². The lowest BCUT2D eigenvalue weighted by Crippen LogP contribution is -2.42. The fourth-order valence-corrected chi connectivity index (χ4v) is 5.23. The monoisotopic (exact) mass is 468 g/mol. The van der Waals surface area contributed by atoms with Crippen LogP contribution in [0, 0.1) is 5.92 Å². The fourth-order valence-electron chi connectivity index (χ4n) is 5.23. The minimum atomic E-state index is -0.835. The van der Waals surface area contributed by atoms with Crippen molar-refractivity contribution in [1.29, 1.82) is 0 Å². The minimum absolute atomic E-state index is 0.167. The summed E-state index contributed by atoms with van der Waals surface area (Å²) in [6, 6.07) is 0. The van der Waals surface area contributed by atoms with Crippen LogP contribution in [0.25, 0.3) is 0 Å². The molecule has 1 aliphatic carbocycles. The van der Waals surface area contributed by atoms with Crippen LogP contribution < -0.4 is 5.32 Å². The molecule has 3 aliphatic rings. The lowest BCUT2D eigenvalue weighted by molar-refractivity contribution is -0.518. The first-order chi connectivity index (χ1) is 16.3. The second-order valence-corrected chi connectivity index (χ2v) is 10.3. The van der Waals surface area contributed by atoms with Crippen LogP contribution in [-0.4, -0.2) is 56.0 Å². The molecule has 2 heterocycles. The second kappa shape index (κ2) is 16.0. The number of hydrogen-bond donors (Lipinski definition) is 1. The SMILES string of the molecule is O=C(CC1CCC2(CC1)OOCCCCCCCCCCCOO2)NCCN1CCCCC1. The average Bonchev–Trinajstić information content (AvgIpc) is 2.83. The zero-order valence-corrected chi connectivity index (χ0v) is 20.8. The predicted octanol–water partition coefficient (Wildman–Crippen LogP) is 5.29. The largest absolute Gasteiger partial charge is 0.355 e. The van der Waals surface area contributed by atoms with Gasteiger partial charge in [-0.15, -0.1) is 0 Å². The molecular weight excluding hydrogens is 420 g/mol. The summed E-state index contributed by atoms with van der Waals surface area (Å²) in [5, 5.41) is 3.12. The Morgan fingerprint density at radius 2 is 1.27 bits per heavy atom. The Kier molecular flexibility index (Phi) is 13.1. The molecule has 0 radical (unpaired) electrons. The van der Waals surface area contributed by atoms with Crippen LogP contribution in [-0.2, 0) is 24.3 Å². The number of piperidine rings is 1. The van der Waals surface area contributed by atoms with Crippen molar-refractivity contribution in [3.63, 3.8) is 0 Å². The summed E-state index contributed by atoms with van der Waals surface area (Å²) in [6.07, 6.45) is 18.5. The highest BCUT2D eigenvalue weighted by Gasteiger charge is 2.40. The van der Waals surface area contributed by atoms with Gasteiger partial charge < -0.3 is 10.2 Å². The number of carbonyl (C=O) groups excluding carboxylic acids is 1. The molecule has 0 unspecified atom stereocenters. The molecule has 3 rings (SSSR count). The van der Waals surface area contributed by atoms with E-state index in [1.165, 1.54) is 77.3 Å². The van der Waals surface area contributed by atoms with Crippen molar-refractivity contribution in [2.24, 2.45) is 5.92 Å². The number of nitrogens with zero attached hydrogens (tertiary/aromatic N) is 1. The van der Waals surface area contributed by atoms with E-state index in [2.05, 4.69) is 10.2 Å². The van der Waals surface area contributed by atoms with Crippen LogP contribution in [0.2, 0.25) is 0 Å². The van der Waals surface area contributed by atoms with Gasteiger partial charge in [0.25, 0.3) is 0 Å². The van der Waals surface area contributed by atoms with E-state index in [1.54, 1.807) is 0 Å². The van der Waals surface area contributed by atoms with Gasteiger partial charge in [-0.2, -0.15) is 9.78 Å². The quantitative estimate of drug-likeness (QED) is 0.553. The van der Waals surface area contributed by atoms with Gasteiger partial charge in [0.05, 0.1) is 13.2 Å². The van der Waals surface area contributed by atoms with Crippen LogP contribution in [0.4, 0.5) is 0 Å². The lowest BCUT2D eigenvalue weighted by Gasteiger charge is -2.36. The van der Waals surface area contributed by atoms with Crippen molar-refractivity contribution in [3.05, 3.63) is 0 Å². The minimum Gasteiger partial charge on any atom is -0.355 e. The van der Waals surface area contributed by atoms with Gasteiger partial charge in [0.1, 0.15) is 0 Å². The highest BCUT2D eigenvalue weighted by molar-refractivity contribution is 5.76. The summed E-state index contributed by atoms with van der Waals surface area (Å²) in [5.41, 5.74) is 0. The number of nitrogens with one attached hydrogen (secondary N) is 1. The Labute approximate surface area is 201 Å². The number of likely N-dealkylation sites (tertiary alicyclic amines) is 1. The van der Waals surface area contributed by atoms with Crippen LogP contribution >= 0.6 is 0 Å².